The number of thioether (sulfide) groups is 1. The molecule has 30 heavy (non-hydrogen) atoms. The summed E-state index contributed by atoms with van der Waals surface area (Å²) in [6, 6.07) is 12.2. The van der Waals surface area contributed by atoms with Crippen molar-refractivity contribution in [1.82, 2.24) is 14.5 Å². The van der Waals surface area contributed by atoms with Gasteiger partial charge in [-0.2, -0.15) is 0 Å². The van der Waals surface area contributed by atoms with Gasteiger partial charge in [-0.3, -0.25) is 14.2 Å². The molecule has 0 saturated carbocycles. The molecule has 4 rings (SSSR count). The number of carbonyl (C=O) groups is 1. The first-order valence-corrected chi connectivity index (χ1v) is 11.7. The first-order chi connectivity index (χ1) is 14.5. The zero-order valence-corrected chi connectivity index (χ0v) is 18.6. The van der Waals surface area contributed by atoms with E-state index in [0.717, 1.165) is 25.9 Å². The summed E-state index contributed by atoms with van der Waals surface area (Å²) in [7, 11) is 0. The van der Waals surface area contributed by atoms with Crippen LogP contribution in [-0.4, -0.2) is 39.2 Å². The quantitative estimate of drug-likeness (QED) is 0.396. The molecule has 1 aliphatic rings. The molecular weight excluding hydrogens is 441 g/mol. The molecule has 1 aromatic heterocycles. The fourth-order valence-corrected chi connectivity index (χ4v) is 4.81. The van der Waals surface area contributed by atoms with E-state index in [-0.39, 0.29) is 17.2 Å². The standard InChI is InChI=1S/C22H21Cl2N3O2S/c23-17-10-9-15(13-18(17)24)27-21(29)16-7-3-4-8-19(16)25-22(27)30-14-20(28)26-11-5-1-2-6-12-26/h3-4,7-10,13H,1-2,5-6,11-12,14H2. The lowest BCUT2D eigenvalue weighted by molar-refractivity contribution is -0.128. The average molecular weight is 462 g/mol. The summed E-state index contributed by atoms with van der Waals surface area (Å²) in [5, 5.41) is 1.73. The van der Waals surface area contributed by atoms with E-state index >= 15 is 0 Å². The van der Waals surface area contributed by atoms with E-state index in [4.69, 9.17) is 23.2 Å². The third kappa shape index (κ3) is 4.51. The second kappa shape index (κ2) is 9.41. The third-order valence-electron chi connectivity index (χ3n) is 5.19. The zero-order valence-electron chi connectivity index (χ0n) is 16.3. The van der Waals surface area contributed by atoms with Gasteiger partial charge in [0.15, 0.2) is 5.16 Å². The third-order valence-corrected chi connectivity index (χ3v) is 6.85. The molecule has 1 aliphatic heterocycles. The number of para-hydroxylation sites is 1. The first-order valence-electron chi connectivity index (χ1n) is 9.92. The maximum absolute atomic E-state index is 13.3. The molecule has 156 valence electrons. The molecular formula is C22H21Cl2N3O2S. The van der Waals surface area contributed by atoms with E-state index in [1.165, 1.54) is 29.2 Å². The summed E-state index contributed by atoms with van der Waals surface area (Å²) in [6.07, 6.45) is 4.41. The Kier molecular flexibility index (Phi) is 6.66. The number of carbonyl (C=O) groups excluding carboxylic acids is 1. The fourth-order valence-electron chi connectivity index (χ4n) is 3.60. The minimum atomic E-state index is -0.205. The Morgan fingerprint density at radius 3 is 2.47 bits per heavy atom. The Morgan fingerprint density at radius 2 is 1.73 bits per heavy atom. The highest BCUT2D eigenvalue weighted by atomic mass is 35.5. The topological polar surface area (TPSA) is 55.2 Å². The molecule has 0 unspecified atom stereocenters. The molecule has 2 heterocycles. The van der Waals surface area contributed by atoms with Crippen LogP contribution >= 0.6 is 35.0 Å². The largest absolute Gasteiger partial charge is 0.342 e. The summed E-state index contributed by atoms with van der Waals surface area (Å²) >= 11 is 13.5. The van der Waals surface area contributed by atoms with Crippen LogP contribution in [0.3, 0.4) is 0 Å². The number of likely N-dealkylation sites (tertiary alicyclic amines) is 1. The van der Waals surface area contributed by atoms with E-state index in [9.17, 15) is 9.59 Å². The minimum absolute atomic E-state index is 0.0741. The second-order valence-electron chi connectivity index (χ2n) is 7.23. The molecule has 0 bridgehead atoms. The van der Waals surface area contributed by atoms with Crippen molar-refractivity contribution >= 4 is 51.8 Å². The van der Waals surface area contributed by atoms with E-state index in [1.807, 2.05) is 11.0 Å². The summed E-state index contributed by atoms with van der Waals surface area (Å²) in [5.41, 5.74) is 0.963. The molecule has 2 aromatic carbocycles. The van der Waals surface area contributed by atoms with Gasteiger partial charge in [0.25, 0.3) is 5.56 Å². The lowest BCUT2D eigenvalue weighted by Gasteiger charge is -2.20. The zero-order chi connectivity index (χ0) is 21.1. The van der Waals surface area contributed by atoms with Crippen LogP contribution in [0.1, 0.15) is 25.7 Å². The molecule has 0 spiro atoms. The van der Waals surface area contributed by atoms with Crippen molar-refractivity contribution in [3.8, 4) is 5.69 Å². The summed E-state index contributed by atoms with van der Waals surface area (Å²) in [5.74, 6) is 0.302. The van der Waals surface area contributed by atoms with Gasteiger partial charge in [0.05, 0.1) is 32.4 Å². The highest BCUT2D eigenvalue weighted by Crippen LogP contribution is 2.27. The molecule has 0 aliphatic carbocycles. The van der Waals surface area contributed by atoms with Crippen LogP contribution < -0.4 is 5.56 Å². The first kappa shape index (κ1) is 21.2. The minimum Gasteiger partial charge on any atom is -0.342 e. The van der Waals surface area contributed by atoms with Gasteiger partial charge in [-0.05, 0) is 43.2 Å². The highest BCUT2D eigenvalue weighted by molar-refractivity contribution is 7.99. The Hall–Kier alpha value is -2.02. The maximum Gasteiger partial charge on any atom is 0.266 e. The van der Waals surface area contributed by atoms with Gasteiger partial charge in [0.2, 0.25) is 5.91 Å². The Morgan fingerprint density at radius 1 is 1.00 bits per heavy atom. The summed E-state index contributed by atoms with van der Waals surface area (Å²) in [4.78, 5) is 32.6. The summed E-state index contributed by atoms with van der Waals surface area (Å²) < 4.78 is 1.50. The lowest BCUT2D eigenvalue weighted by Crippen LogP contribution is -2.33. The van der Waals surface area contributed by atoms with Crippen molar-refractivity contribution in [3.63, 3.8) is 0 Å². The smallest absolute Gasteiger partial charge is 0.266 e. The van der Waals surface area contributed by atoms with Crippen LogP contribution in [0.4, 0.5) is 0 Å². The van der Waals surface area contributed by atoms with E-state index in [2.05, 4.69) is 4.98 Å². The molecule has 8 heteroatoms. The second-order valence-corrected chi connectivity index (χ2v) is 8.99. The van der Waals surface area contributed by atoms with Gasteiger partial charge in [-0.15, -0.1) is 0 Å². The van der Waals surface area contributed by atoms with Crippen molar-refractivity contribution < 1.29 is 4.79 Å². The molecule has 1 fully saturated rings. The number of benzene rings is 2. The Balaban J connectivity index is 1.71. The number of hydrogen-bond donors (Lipinski definition) is 0. The van der Waals surface area contributed by atoms with Gasteiger partial charge in [0, 0.05) is 13.1 Å². The predicted octanol–water partition coefficient (Wildman–Crippen LogP) is 5.19. The van der Waals surface area contributed by atoms with E-state index in [0.29, 0.717) is 31.8 Å². The molecule has 0 atom stereocenters. The van der Waals surface area contributed by atoms with Crippen LogP contribution in [0.15, 0.2) is 52.4 Å². The van der Waals surface area contributed by atoms with Crippen molar-refractivity contribution in [2.24, 2.45) is 0 Å². The van der Waals surface area contributed by atoms with Crippen LogP contribution in [0, 0.1) is 0 Å². The van der Waals surface area contributed by atoms with Crippen LogP contribution in [0.2, 0.25) is 10.0 Å². The number of fused-ring (bicyclic) bond motifs is 1. The highest BCUT2D eigenvalue weighted by Gasteiger charge is 2.19. The Labute approximate surface area is 189 Å². The number of amides is 1. The van der Waals surface area contributed by atoms with Gasteiger partial charge in [0.1, 0.15) is 0 Å². The molecule has 1 amide bonds. The van der Waals surface area contributed by atoms with E-state index in [1.54, 1.807) is 36.4 Å². The maximum atomic E-state index is 13.3. The lowest BCUT2D eigenvalue weighted by atomic mass is 10.2. The molecule has 0 radical (unpaired) electrons. The SMILES string of the molecule is O=C(CSc1nc2ccccc2c(=O)n1-c1ccc(Cl)c(Cl)c1)N1CCCCCC1. The van der Waals surface area contributed by atoms with Gasteiger partial charge >= 0.3 is 0 Å². The van der Waals surface area contributed by atoms with Gasteiger partial charge < -0.3 is 4.90 Å². The normalized spacial score (nSPS) is 14.7. The number of halogens is 2. The number of hydrogen-bond acceptors (Lipinski definition) is 4. The molecule has 1 saturated heterocycles. The van der Waals surface area contributed by atoms with Crippen molar-refractivity contribution in [3.05, 3.63) is 62.9 Å². The Bertz CT molecular complexity index is 1140. The average Bonchev–Trinajstić information content (AvgIpc) is 3.04. The van der Waals surface area contributed by atoms with Crippen molar-refractivity contribution in [2.45, 2.75) is 30.8 Å². The van der Waals surface area contributed by atoms with Gasteiger partial charge in [-0.1, -0.05) is 59.9 Å². The fraction of sp³-hybridized carbons (Fsp3) is 0.318. The van der Waals surface area contributed by atoms with E-state index < -0.39 is 0 Å². The number of rotatable bonds is 4. The molecule has 5 nitrogen and oxygen atoms in total. The summed E-state index contributed by atoms with van der Waals surface area (Å²) in [6.45, 7) is 1.59. The van der Waals surface area contributed by atoms with Crippen LogP contribution in [0.5, 0.6) is 0 Å². The monoisotopic (exact) mass is 461 g/mol. The van der Waals surface area contributed by atoms with Crippen molar-refractivity contribution in [2.75, 3.05) is 18.8 Å². The molecule has 3 aromatic rings. The predicted molar refractivity (Wildman–Crippen MR) is 123 cm³/mol. The number of aromatic nitrogens is 2. The van der Waals surface area contributed by atoms with Crippen molar-refractivity contribution in [1.29, 1.82) is 0 Å². The van der Waals surface area contributed by atoms with Crippen LogP contribution in [0.25, 0.3) is 16.6 Å². The molecule has 0 N–H and O–H groups in total. The van der Waals surface area contributed by atoms with Crippen LogP contribution in [-0.2, 0) is 4.79 Å². The number of nitrogens with zero attached hydrogens (tertiary/aromatic N) is 3. The van der Waals surface area contributed by atoms with Gasteiger partial charge in [-0.25, -0.2) is 4.98 Å².